The van der Waals surface area contributed by atoms with Gasteiger partial charge in [-0.15, -0.1) is 13.2 Å². The van der Waals surface area contributed by atoms with Crippen LogP contribution in [0, 0.1) is 11.8 Å². The second-order valence-electron chi connectivity index (χ2n) is 10.8. The molecule has 3 unspecified atom stereocenters. The molecule has 1 aromatic carbocycles. The molecule has 3 fully saturated rings. The van der Waals surface area contributed by atoms with Crippen LogP contribution in [0.15, 0.2) is 55.6 Å². The lowest BCUT2D eigenvalue weighted by molar-refractivity contribution is -0.153. The van der Waals surface area contributed by atoms with E-state index < -0.39 is 35.6 Å². The van der Waals surface area contributed by atoms with E-state index in [0.29, 0.717) is 25.9 Å². The molecule has 0 saturated carbocycles. The minimum absolute atomic E-state index is 0.0723. The molecule has 4 rings (SSSR count). The Morgan fingerprint density at radius 1 is 1.21 bits per heavy atom. The smallest absolute Gasteiger partial charge is 0.248 e. The molecule has 206 valence electrons. The zero-order valence-electron chi connectivity index (χ0n) is 22.8. The summed E-state index contributed by atoms with van der Waals surface area (Å²) in [6.07, 6.45) is 5.73. The second kappa shape index (κ2) is 11.4. The molecule has 0 aliphatic carbocycles. The van der Waals surface area contributed by atoms with Crippen LogP contribution in [0.3, 0.4) is 0 Å². The molecule has 3 amide bonds. The minimum atomic E-state index is -1.12. The lowest BCUT2D eigenvalue weighted by Crippen LogP contribution is -2.58. The summed E-state index contributed by atoms with van der Waals surface area (Å²) in [5.74, 6) is -2.17. The normalized spacial score (nSPS) is 29.1. The lowest BCUT2D eigenvalue weighted by Gasteiger charge is -2.41. The summed E-state index contributed by atoms with van der Waals surface area (Å²) in [5.41, 5.74) is -0.391. The zero-order valence-corrected chi connectivity index (χ0v) is 22.8. The second-order valence-corrected chi connectivity index (χ2v) is 10.8. The van der Waals surface area contributed by atoms with Crippen molar-refractivity contribution >= 4 is 17.7 Å². The Morgan fingerprint density at radius 3 is 2.50 bits per heavy atom. The minimum Gasteiger partial charge on any atom is -0.394 e. The summed E-state index contributed by atoms with van der Waals surface area (Å²) in [6.45, 7) is 12.0. The first-order chi connectivity index (χ1) is 18.3. The molecular formula is C30H41N3O5. The molecule has 3 aliphatic rings. The van der Waals surface area contributed by atoms with Crippen molar-refractivity contribution in [1.82, 2.24) is 14.7 Å². The fourth-order valence-electron chi connectivity index (χ4n) is 6.91. The van der Waals surface area contributed by atoms with Gasteiger partial charge >= 0.3 is 0 Å². The van der Waals surface area contributed by atoms with Crippen LogP contribution in [0.25, 0.3) is 0 Å². The predicted octanol–water partition coefficient (Wildman–Crippen LogP) is 2.94. The van der Waals surface area contributed by atoms with Crippen molar-refractivity contribution < 1.29 is 24.2 Å². The number of aliphatic hydroxyl groups excluding tert-OH is 1. The molecule has 1 spiro atoms. The van der Waals surface area contributed by atoms with Gasteiger partial charge in [-0.2, -0.15) is 0 Å². The molecule has 0 radical (unpaired) electrons. The third-order valence-electron chi connectivity index (χ3n) is 8.58. The van der Waals surface area contributed by atoms with Crippen LogP contribution >= 0.6 is 0 Å². The third kappa shape index (κ3) is 4.47. The Labute approximate surface area is 225 Å². The van der Waals surface area contributed by atoms with Crippen LogP contribution in [-0.4, -0.2) is 88.1 Å². The van der Waals surface area contributed by atoms with Crippen molar-refractivity contribution in [3.8, 4) is 0 Å². The summed E-state index contributed by atoms with van der Waals surface area (Å²) >= 11 is 0. The van der Waals surface area contributed by atoms with Crippen molar-refractivity contribution in [3.63, 3.8) is 0 Å². The number of likely N-dealkylation sites (tertiary alicyclic amines) is 1. The molecule has 3 heterocycles. The SMILES string of the molecule is C=CCN(C)C(=O)[C@@H]1[C@@H]2CCC3(O2)C(C(=O)N(CC=C)C(C)CCC)N([C@H](CO)c2ccccc2)C(=O)[C@H]13. The maximum absolute atomic E-state index is 14.5. The van der Waals surface area contributed by atoms with Crippen LogP contribution < -0.4 is 0 Å². The Balaban J connectivity index is 1.83. The van der Waals surface area contributed by atoms with Crippen molar-refractivity contribution in [1.29, 1.82) is 0 Å². The molecular weight excluding hydrogens is 482 g/mol. The van der Waals surface area contributed by atoms with Crippen molar-refractivity contribution in [3.05, 3.63) is 61.2 Å². The molecule has 2 bridgehead atoms. The van der Waals surface area contributed by atoms with E-state index in [1.54, 1.807) is 29.0 Å². The van der Waals surface area contributed by atoms with E-state index in [2.05, 4.69) is 20.1 Å². The molecule has 8 nitrogen and oxygen atoms in total. The summed E-state index contributed by atoms with van der Waals surface area (Å²) in [4.78, 5) is 47.4. The number of benzene rings is 1. The molecule has 3 aliphatic heterocycles. The van der Waals surface area contributed by atoms with E-state index >= 15 is 0 Å². The van der Waals surface area contributed by atoms with Crippen molar-refractivity contribution in [2.75, 3.05) is 26.7 Å². The number of likely N-dealkylation sites (N-methyl/N-ethyl adjacent to an activating group) is 1. The van der Waals surface area contributed by atoms with Crippen LogP contribution in [0.1, 0.15) is 51.1 Å². The largest absolute Gasteiger partial charge is 0.394 e. The van der Waals surface area contributed by atoms with E-state index in [9.17, 15) is 19.5 Å². The lowest BCUT2D eigenvalue weighted by atomic mass is 9.70. The molecule has 0 aromatic heterocycles. The van der Waals surface area contributed by atoms with Gasteiger partial charge in [0, 0.05) is 26.2 Å². The number of amides is 3. The first kappa shape index (κ1) is 28.0. The highest BCUT2D eigenvalue weighted by Crippen LogP contribution is 2.60. The quantitative estimate of drug-likeness (QED) is 0.426. The Bertz CT molecular complexity index is 1060. The molecule has 8 heteroatoms. The number of hydrogen-bond acceptors (Lipinski definition) is 5. The number of nitrogens with zero attached hydrogens (tertiary/aromatic N) is 3. The highest BCUT2D eigenvalue weighted by molar-refractivity contribution is 5.99. The molecule has 1 N–H and O–H groups in total. The van der Waals surface area contributed by atoms with Gasteiger partial charge in [0.05, 0.1) is 30.6 Å². The fraction of sp³-hybridized carbons (Fsp3) is 0.567. The average molecular weight is 524 g/mol. The summed E-state index contributed by atoms with van der Waals surface area (Å²) in [7, 11) is 1.70. The van der Waals surface area contributed by atoms with Crippen molar-refractivity contribution in [2.24, 2.45) is 11.8 Å². The van der Waals surface area contributed by atoms with Gasteiger partial charge in [0.25, 0.3) is 0 Å². The van der Waals surface area contributed by atoms with E-state index in [1.165, 1.54) is 4.90 Å². The number of fused-ring (bicyclic) bond motifs is 1. The highest BCUT2D eigenvalue weighted by atomic mass is 16.5. The van der Waals surface area contributed by atoms with Crippen LogP contribution in [-0.2, 0) is 19.1 Å². The van der Waals surface area contributed by atoms with Gasteiger partial charge in [-0.05, 0) is 31.7 Å². The zero-order chi connectivity index (χ0) is 27.6. The Morgan fingerprint density at radius 2 is 1.89 bits per heavy atom. The van der Waals surface area contributed by atoms with Crippen LogP contribution in [0.4, 0.5) is 0 Å². The van der Waals surface area contributed by atoms with Crippen molar-refractivity contribution in [2.45, 2.75) is 69.4 Å². The number of rotatable bonds is 12. The third-order valence-corrected chi connectivity index (χ3v) is 8.58. The van der Waals surface area contributed by atoms with E-state index in [-0.39, 0.29) is 30.4 Å². The monoisotopic (exact) mass is 523 g/mol. The summed E-state index contributed by atoms with van der Waals surface area (Å²) < 4.78 is 6.59. The summed E-state index contributed by atoms with van der Waals surface area (Å²) in [5, 5.41) is 10.6. The van der Waals surface area contributed by atoms with Gasteiger partial charge in [-0.3, -0.25) is 14.4 Å². The highest BCUT2D eigenvalue weighted by Gasteiger charge is 2.75. The Kier molecular flexibility index (Phi) is 8.43. The van der Waals surface area contributed by atoms with E-state index in [1.807, 2.05) is 37.3 Å². The van der Waals surface area contributed by atoms with Gasteiger partial charge in [-0.1, -0.05) is 55.8 Å². The predicted molar refractivity (Wildman–Crippen MR) is 145 cm³/mol. The van der Waals surface area contributed by atoms with Gasteiger partial charge in [-0.25, -0.2) is 0 Å². The fourth-order valence-corrected chi connectivity index (χ4v) is 6.91. The topological polar surface area (TPSA) is 90.4 Å². The van der Waals surface area contributed by atoms with Gasteiger partial charge in [0.15, 0.2) is 0 Å². The van der Waals surface area contributed by atoms with Gasteiger partial charge in [0.2, 0.25) is 17.7 Å². The number of carbonyl (C=O) groups excluding carboxylic acids is 3. The number of ether oxygens (including phenoxy) is 1. The summed E-state index contributed by atoms with van der Waals surface area (Å²) in [6, 6.07) is 7.49. The van der Waals surface area contributed by atoms with E-state index in [4.69, 9.17) is 4.74 Å². The molecule has 38 heavy (non-hydrogen) atoms. The van der Waals surface area contributed by atoms with Crippen LogP contribution in [0.5, 0.6) is 0 Å². The maximum atomic E-state index is 14.5. The molecule has 3 saturated heterocycles. The van der Waals surface area contributed by atoms with Gasteiger partial charge < -0.3 is 24.5 Å². The number of hydrogen-bond donors (Lipinski definition) is 1. The van der Waals surface area contributed by atoms with Crippen LogP contribution in [0.2, 0.25) is 0 Å². The number of carbonyl (C=O) groups is 3. The molecule has 7 atom stereocenters. The van der Waals surface area contributed by atoms with Gasteiger partial charge in [0.1, 0.15) is 11.6 Å². The average Bonchev–Trinajstić information content (AvgIpc) is 3.55. The Hall–Kier alpha value is -2.97. The van der Waals surface area contributed by atoms with E-state index in [0.717, 1.165) is 18.4 Å². The first-order valence-electron chi connectivity index (χ1n) is 13.7. The maximum Gasteiger partial charge on any atom is 0.248 e. The number of aliphatic hydroxyl groups is 1. The molecule has 1 aromatic rings. The standard InChI is InChI=1S/C30H41N3O5/c1-6-12-20(4)32(18-8-3)29(37)26-30-16-15-23(38-30)24(27(35)31(5)17-7-2)25(30)28(36)33(26)22(19-34)21-13-10-9-11-14-21/h7-11,13-14,20,22-26,34H,2-3,6,12,15-19H2,1,4-5H3/t20?,22-,23+,24-,25+,26?,30?/m1/s1. The first-order valence-corrected chi connectivity index (χ1v) is 13.7.